The minimum absolute atomic E-state index is 0.0452. The number of nitrogens with zero attached hydrogens (tertiary/aromatic N) is 2. The number of thioether (sulfide) groups is 1. The molecule has 1 fully saturated rings. The quantitative estimate of drug-likeness (QED) is 0.404. The number of thiophene rings is 1. The summed E-state index contributed by atoms with van der Waals surface area (Å²) in [5.41, 5.74) is -1.75. The van der Waals surface area contributed by atoms with Crippen molar-refractivity contribution in [1.82, 2.24) is 0 Å². The summed E-state index contributed by atoms with van der Waals surface area (Å²) in [7, 11) is 0. The van der Waals surface area contributed by atoms with Gasteiger partial charge < -0.3 is 4.74 Å². The zero-order valence-corrected chi connectivity index (χ0v) is 16.5. The second-order valence-electron chi connectivity index (χ2n) is 5.41. The molecular formula is C19H13ClN2O3S2. The number of rotatable bonds is 4. The Morgan fingerprint density at radius 1 is 1.37 bits per heavy atom. The van der Waals surface area contributed by atoms with Crippen molar-refractivity contribution in [3.05, 3.63) is 56.6 Å². The standard InChI is InChI=1S/C19H13ClN2O3S2/c1-2-25-18(24)19(11-21)16(23)15(10-12-6-5-9-26-12)27-17(19)22-14-8-4-3-7-13(14)20/h3-10H,2H2,1H3/b15-10+,22-17?. The van der Waals surface area contributed by atoms with Gasteiger partial charge in [0.15, 0.2) is 0 Å². The number of allylic oxidation sites excluding steroid dienone is 1. The Balaban J connectivity index is 2.16. The van der Waals surface area contributed by atoms with Crippen LogP contribution in [0.1, 0.15) is 11.8 Å². The van der Waals surface area contributed by atoms with Crippen LogP contribution in [-0.2, 0) is 14.3 Å². The molecule has 1 unspecified atom stereocenters. The highest BCUT2D eigenvalue weighted by atomic mass is 35.5. The van der Waals surface area contributed by atoms with E-state index in [1.54, 1.807) is 37.3 Å². The van der Waals surface area contributed by atoms with E-state index in [1.165, 1.54) is 11.3 Å². The van der Waals surface area contributed by atoms with Crippen LogP contribution >= 0.6 is 34.7 Å². The van der Waals surface area contributed by atoms with Gasteiger partial charge in [0.2, 0.25) is 5.78 Å². The molecule has 3 rings (SSSR count). The minimum atomic E-state index is -2.12. The van der Waals surface area contributed by atoms with E-state index in [4.69, 9.17) is 16.3 Å². The monoisotopic (exact) mass is 416 g/mol. The van der Waals surface area contributed by atoms with Crippen molar-refractivity contribution in [2.75, 3.05) is 6.61 Å². The molecule has 5 nitrogen and oxygen atoms in total. The van der Waals surface area contributed by atoms with Crippen molar-refractivity contribution >= 4 is 63.3 Å². The van der Waals surface area contributed by atoms with Gasteiger partial charge in [0, 0.05) is 4.88 Å². The molecule has 1 aromatic heterocycles. The number of aliphatic imine (C=N–C) groups is 1. The zero-order chi connectivity index (χ0) is 19.4. The molecule has 27 heavy (non-hydrogen) atoms. The Hall–Kier alpha value is -2.40. The molecule has 1 aromatic carbocycles. The molecule has 1 atom stereocenters. The van der Waals surface area contributed by atoms with Gasteiger partial charge in [-0.15, -0.1) is 11.3 Å². The Morgan fingerprint density at radius 2 is 2.15 bits per heavy atom. The Bertz CT molecular complexity index is 993. The number of ketones is 1. The van der Waals surface area contributed by atoms with Crippen LogP contribution in [-0.4, -0.2) is 23.4 Å². The van der Waals surface area contributed by atoms with E-state index in [9.17, 15) is 14.9 Å². The fourth-order valence-electron chi connectivity index (χ4n) is 2.43. The summed E-state index contributed by atoms with van der Waals surface area (Å²) < 4.78 is 5.04. The van der Waals surface area contributed by atoms with Gasteiger partial charge in [0.1, 0.15) is 5.04 Å². The van der Waals surface area contributed by atoms with Crippen LogP contribution in [0.4, 0.5) is 5.69 Å². The predicted molar refractivity (Wildman–Crippen MR) is 108 cm³/mol. The highest BCUT2D eigenvalue weighted by molar-refractivity contribution is 8.19. The van der Waals surface area contributed by atoms with E-state index in [-0.39, 0.29) is 16.6 Å². The van der Waals surface area contributed by atoms with Crippen molar-refractivity contribution in [3.63, 3.8) is 0 Å². The molecule has 1 saturated heterocycles. The van der Waals surface area contributed by atoms with Crippen molar-refractivity contribution in [2.45, 2.75) is 6.92 Å². The number of ether oxygens (including phenoxy) is 1. The normalized spacial score (nSPS) is 22.2. The van der Waals surface area contributed by atoms with Crippen molar-refractivity contribution in [1.29, 1.82) is 5.26 Å². The fraction of sp³-hybridized carbons (Fsp3) is 0.158. The van der Waals surface area contributed by atoms with Crippen molar-refractivity contribution in [2.24, 2.45) is 10.4 Å². The second kappa shape index (κ2) is 8.09. The third-order valence-corrected chi connectivity index (χ3v) is 5.99. The first-order valence-electron chi connectivity index (χ1n) is 7.93. The zero-order valence-electron chi connectivity index (χ0n) is 14.1. The average molecular weight is 417 g/mol. The van der Waals surface area contributed by atoms with Crippen molar-refractivity contribution in [3.8, 4) is 6.07 Å². The van der Waals surface area contributed by atoms with Gasteiger partial charge in [-0.3, -0.25) is 4.79 Å². The molecule has 0 amide bonds. The number of hydrogen-bond acceptors (Lipinski definition) is 7. The van der Waals surface area contributed by atoms with Gasteiger partial charge >= 0.3 is 5.97 Å². The van der Waals surface area contributed by atoms with Gasteiger partial charge in [-0.1, -0.05) is 41.6 Å². The van der Waals surface area contributed by atoms with E-state index >= 15 is 0 Å². The maximum atomic E-state index is 13.1. The van der Waals surface area contributed by atoms with E-state index < -0.39 is 17.2 Å². The number of carbonyl (C=O) groups is 2. The molecule has 0 saturated carbocycles. The van der Waals surface area contributed by atoms with E-state index in [0.717, 1.165) is 16.6 Å². The summed E-state index contributed by atoms with van der Waals surface area (Å²) in [6.07, 6.45) is 1.65. The molecule has 2 aromatic rings. The number of hydrogen-bond donors (Lipinski definition) is 0. The topological polar surface area (TPSA) is 79.5 Å². The Labute approximate surface area is 169 Å². The summed E-state index contributed by atoms with van der Waals surface area (Å²) in [5.74, 6) is -1.56. The molecular weight excluding hydrogens is 404 g/mol. The highest BCUT2D eigenvalue weighted by Gasteiger charge is 2.59. The molecule has 0 aliphatic carbocycles. The van der Waals surface area contributed by atoms with Gasteiger partial charge in [-0.25, -0.2) is 9.79 Å². The molecule has 1 aliphatic heterocycles. The van der Waals surface area contributed by atoms with Gasteiger partial charge in [0.25, 0.3) is 5.41 Å². The first kappa shape index (κ1) is 19.4. The van der Waals surface area contributed by atoms with Crippen molar-refractivity contribution < 1.29 is 14.3 Å². The SMILES string of the molecule is CCOC(=O)C1(C#N)C(=O)/C(=C\c2cccs2)SC1=Nc1ccccc1Cl. The highest BCUT2D eigenvalue weighted by Crippen LogP contribution is 2.46. The number of carbonyl (C=O) groups excluding carboxylic acids is 2. The molecule has 136 valence electrons. The molecule has 0 bridgehead atoms. The van der Waals surface area contributed by atoms with Gasteiger partial charge in [0.05, 0.1) is 28.3 Å². The maximum absolute atomic E-state index is 13.1. The molecule has 1 aliphatic rings. The summed E-state index contributed by atoms with van der Waals surface area (Å²) in [4.78, 5) is 31.2. The molecule has 0 radical (unpaired) electrons. The van der Waals surface area contributed by atoms with Gasteiger partial charge in [-0.2, -0.15) is 5.26 Å². The van der Waals surface area contributed by atoms with Gasteiger partial charge in [-0.05, 0) is 36.6 Å². The third-order valence-electron chi connectivity index (χ3n) is 3.73. The number of Topliss-reactive ketones (excluding diaryl/α,β-unsaturated/α-hetero) is 1. The Morgan fingerprint density at radius 3 is 2.78 bits per heavy atom. The lowest BCUT2D eigenvalue weighted by Gasteiger charge is -2.16. The van der Waals surface area contributed by atoms with E-state index in [2.05, 4.69) is 4.99 Å². The molecule has 0 spiro atoms. The summed E-state index contributed by atoms with van der Waals surface area (Å²) >= 11 is 8.59. The second-order valence-corrected chi connectivity index (χ2v) is 7.82. The van der Waals surface area contributed by atoms with E-state index in [1.807, 2.05) is 23.6 Å². The van der Waals surface area contributed by atoms with Crippen LogP contribution in [0.2, 0.25) is 5.02 Å². The number of halogens is 1. The van der Waals surface area contributed by atoms with Crippen LogP contribution in [0.3, 0.4) is 0 Å². The number of para-hydroxylation sites is 1. The number of benzene rings is 1. The van der Waals surface area contributed by atoms with Crippen LogP contribution in [0.5, 0.6) is 0 Å². The average Bonchev–Trinajstić information content (AvgIpc) is 3.25. The lowest BCUT2D eigenvalue weighted by Crippen LogP contribution is -2.41. The van der Waals surface area contributed by atoms with Crippen LogP contribution in [0.25, 0.3) is 6.08 Å². The molecule has 2 heterocycles. The third kappa shape index (κ3) is 3.56. The summed E-state index contributed by atoms with van der Waals surface area (Å²) in [6.45, 7) is 1.66. The first-order chi connectivity index (χ1) is 13.0. The van der Waals surface area contributed by atoms with E-state index in [0.29, 0.717) is 10.7 Å². The number of esters is 1. The Kier molecular flexibility index (Phi) is 5.80. The molecule has 0 N–H and O–H groups in total. The summed E-state index contributed by atoms with van der Waals surface area (Å²) in [6, 6.07) is 12.3. The molecule has 8 heteroatoms. The predicted octanol–water partition coefficient (Wildman–Crippen LogP) is 4.86. The summed E-state index contributed by atoms with van der Waals surface area (Å²) in [5, 5.41) is 12.1. The smallest absolute Gasteiger partial charge is 0.341 e. The largest absolute Gasteiger partial charge is 0.464 e. The lowest BCUT2D eigenvalue weighted by atomic mass is 9.85. The number of nitriles is 1. The fourth-order valence-corrected chi connectivity index (χ4v) is 4.50. The van der Waals surface area contributed by atoms with Crippen LogP contribution in [0, 0.1) is 16.7 Å². The van der Waals surface area contributed by atoms with Crippen LogP contribution in [0.15, 0.2) is 51.7 Å². The maximum Gasteiger partial charge on any atom is 0.341 e. The lowest BCUT2D eigenvalue weighted by molar-refractivity contribution is -0.150. The minimum Gasteiger partial charge on any atom is -0.464 e. The first-order valence-corrected chi connectivity index (χ1v) is 10.0. The van der Waals surface area contributed by atoms with Crippen LogP contribution < -0.4 is 0 Å².